The molecule has 2 N–H and O–H groups in total. The second kappa shape index (κ2) is 5.38. The highest BCUT2D eigenvalue weighted by molar-refractivity contribution is 5.85. The lowest BCUT2D eigenvalue weighted by molar-refractivity contribution is 0.467. The molecule has 5 heteroatoms. The van der Waals surface area contributed by atoms with Crippen molar-refractivity contribution in [1.82, 2.24) is 10.3 Å². The van der Waals surface area contributed by atoms with Crippen LogP contribution in [-0.2, 0) is 0 Å². The number of nitrogens with one attached hydrogen (secondary N) is 2. The van der Waals surface area contributed by atoms with E-state index in [2.05, 4.69) is 15.6 Å². The number of para-hydroxylation sites is 2. The fraction of sp³-hybridized carbons (Fsp3) is 0.417. The maximum atomic E-state index is 5.62. The molecule has 1 saturated heterocycles. The van der Waals surface area contributed by atoms with Gasteiger partial charge < -0.3 is 15.1 Å². The Kier molecular flexibility index (Phi) is 3.86. The third-order valence-corrected chi connectivity index (χ3v) is 2.92. The summed E-state index contributed by atoms with van der Waals surface area (Å²) in [5, 5.41) is 6.69. The number of hydrogen-bond acceptors (Lipinski definition) is 4. The standard InChI is InChI=1S/C12H15N3O.ClH/c1-2-6-11-10(5-1)15-12(16-11)14-9-4-3-7-13-8-9;/h1-2,5-6,9,13H,3-4,7-8H2,(H,14,15);1H. The number of hydrogen-bond donors (Lipinski definition) is 2. The zero-order valence-electron chi connectivity index (χ0n) is 9.48. The lowest BCUT2D eigenvalue weighted by Crippen LogP contribution is -2.38. The van der Waals surface area contributed by atoms with Crippen LogP contribution in [0.1, 0.15) is 12.8 Å². The summed E-state index contributed by atoms with van der Waals surface area (Å²) < 4.78 is 5.62. The Balaban J connectivity index is 0.00000108. The molecule has 1 fully saturated rings. The van der Waals surface area contributed by atoms with E-state index in [0.717, 1.165) is 24.2 Å². The number of aromatic nitrogens is 1. The van der Waals surface area contributed by atoms with Gasteiger partial charge in [-0.3, -0.25) is 0 Å². The summed E-state index contributed by atoms with van der Waals surface area (Å²) in [5.41, 5.74) is 1.75. The van der Waals surface area contributed by atoms with Gasteiger partial charge in [0.15, 0.2) is 5.58 Å². The van der Waals surface area contributed by atoms with Gasteiger partial charge in [0.1, 0.15) is 5.52 Å². The lowest BCUT2D eigenvalue weighted by Gasteiger charge is -2.22. The van der Waals surface area contributed by atoms with Crippen molar-refractivity contribution in [2.24, 2.45) is 0 Å². The van der Waals surface area contributed by atoms with Gasteiger partial charge in [0, 0.05) is 12.6 Å². The number of anilines is 1. The SMILES string of the molecule is Cl.c1ccc2oc(NC3CCCNC3)nc2c1. The van der Waals surface area contributed by atoms with E-state index < -0.39 is 0 Å². The van der Waals surface area contributed by atoms with Crippen LogP contribution in [0.3, 0.4) is 0 Å². The first-order chi connectivity index (χ1) is 7.92. The van der Waals surface area contributed by atoms with Crippen LogP contribution in [0.4, 0.5) is 6.01 Å². The molecule has 0 bridgehead atoms. The topological polar surface area (TPSA) is 50.1 Å². The molecular formula is C12H16ClN3O. The first-order valence-corrected chi connectivity index (χ1v) is 5.75. The van der Waals surface area contributed by atoms with Crippen LogP contribution >= 0.6 is 12.4 Å². The minimum atomic E-state index is 0. The zero-order chi connectivity index (χ0) is 10.8. The zero-order valence-corrected chi connectivity index (χ0v) is 10.3. The van der Waals surface area contributed by atoms with E-state index >= 15 is 0 Å². The van der Waals surface area contributed by atoms with Crippen molar-refractivity contribution in [2.45, 2.75) is 18.9 Å². The fourth-order valence-electron chi connectivity index (χ4n) is 2.08. The van der Waals surface area contributed by atoms with Crippen LogP contribution < -0.4 is 10.6 Å². The highest BCUT2D eigenvalue weighted by Gasteiger charge is 2.15. The average molecular weight is 254 g/mol. The van der Waals surface area contributed by atoms with Crippen LogP contribution in [0.15, 0.2) is 28.7 Å². The fourth-order valence-corrected chi connectivity index (χ4v) is 2.08. The van der Waals surface area contributed by atoms with Crippen LogP contribution in [0.25, 0.3) is 11.1 Å². The largest absolute Gasteiger partial charge is 0.424 e. The van der Waals surface area contributed by atoms with E-state index in [0.29, 0.717) is 12.1 Å². The van der Waals surface area contributed by atoms with E-state index in [4.69, 9.17) is 4.42 Å². The summed E-state index contributed by atoms with van der Waals surface area (Å²) in [6, 6.07) is 8.89. The smallest absolute Gasteiger partial charge is 0.295 e. The monoisotopic (exact) mass is 253 g/mol. The van der Waals surface area contributed by atoms with Gasteiger partial charge in [-0.25, -0.2) is 0 Å². The van der Waals surface area contributed by atoms with Crippen LogP contribution in [0, 0.1) is 0 Å². The van der Waals surface area contributed by atoms with Crippen molar-refractivity contribution in [2.75, 3.05) is 18.4 Å². The van der Waals surface area contributed by atoms with Crippen molar-refractivity contribution in [1.29, 1.82) is 0 Å². The van der Waals surface area contributed by atoms with Crippen molar-refractivity contribution in [3.63, 3.8) is 0 Å². The maximum absolute atomic E-state index is 5.62. The second-order valence-corrected chi connectivity index (χ2v) is 4.17. The summed E-state index contributed by atoms with van der Waals surface area (Å²) >= 11 is 0. The van der Waals surface area contributed by atoms with Gasteiger partial charge in [-0.05, 0) is 31.5 Å². The molecule has 1 aromatic heterocycles. The summed E-state index contributed by atoms with van der Waals surface area (Å²) in [6.45, 7) is 2.10. The Morgan fingerprint density at radius 2 is 2.24 bits per heavy atom. The Morgan fingerprint density at radius 3 is 3.00 bits per heavy atom. The van der Waals surface area contributed by atoms with Crippen molar-refractivity contribution < 1.29 is 4.42 Å². The molecule has 2 aromatic rings. The maximum Gasteiger partial charge on any atom is 0.295 e. The minimum Gasteiger partial charge on any atom is -0.424 e. The van der Waals surface area contributed by atoms with Gasteiger partial charge in [0.2, 0.25) is 0 Å². The van der Waals surface area contributed by atoms with Gasteiger partial charge in [-0.1, -0.05) is 12.1 Å². The van der Waals surface area contributed by atoms with E-state index in [-0.39, 0.29) is 12.4 Å². The second-order valence-electron chi connectivity index (χ2n) is 4.17. The third kappa shape index (κ3) is 2.70. The highest BCUT2D eigenvalue weighted by Crippen LogP contribution is 2.19. The van der Waals surface area contributed by atoms with Crippen LogP contribution in [-0.4, -0.2) is 24.1 Å². The summed E-state index contributed by atoms with van der Waals surface area (Å²) in [5.74, 6) is 0. The normalized spacial score (nSPS) is 19.9. The van der Waals surface area contributed by atoms with E-state index in [1.165, 1.54) is 12.8 Å². The molecule has 0 saturated carbocycles. The number of oxazole rings is 1. The van der Waals surface area contributed by atoms with E-state index in [9.17, 15) is 0 Å². The number of rotatable bonds is 2. The van der Waals surface area contributed by atoms with Crippen molar-refractivity contribution in [3.8, 4) is 0 Å². The molecule has 1 aliphatic heterocycles. The van der Waals surface area contributed by atoms with E-state index in [1.54, 1.807) is 0 Å². The summed E-state index contributed by atoms with van der Waals surface area (Å²) in [4.78, 5) is 4.40. The molecule has 4 nitrogen and oxygen atoms in total. The highest BCUT2D eigenvalue weighted by atomic mass is 35.5. The Hall–Kier alpha value is -1.26. The average Bonchev–Trinajstić information content (AvgIpc) is 2.72. The molecule has 1 aliphatic rings. The van der Waals surface area contributed by atoms with Gasteiger partial charge >= 0.3 is 0 Å². The molecule has 3 rings (SSSR count). The number of nitrogens with zero attached hydrogens (tertiary/aromatic N) is 1. The van der Waals surface area contributed by atoms with Crippen molar-refractivity contribution >= 4 is 29.5 Å². The Morgan fingerprint density at radius 1 is 1.35 bits per heavy atom. The molecule has 2 heterocycles. The molecule has 0 aliphatic carbocycles. The molecule has 17 heavy (non-hydrogen) atoms. The lowest BCUT2D eigenvalue weighted by atomic mass is 10.1. The predicted molar refractivity (Wildman–Crippen MR) is 70.8 cm³/mol. The first-order valence-electron chi connectivity index (χ1n) is 5.75. The van der Waals surface area contributed by atoms with Crippen LogP contribution in [0.2, 0.25) is 0 Å². The summed E-state index contributed by atoms with van der Waals surface area (Å²) in [6.07, 6.45) is 2.38. The van der Waals surface area contributed by atoms with Gasteiger partial charge in [-0.2, -0.15) is 4.98 Å². The number of fused-ring (bicyclic) bond motifs is 1. The number of halogens is 1. The van der Waals surface area contributed by atoms with Gasteiger partial charge in [0.05, 0.1) is 0 Å². The Bertz CT molecular complexity index is 446. The molecule has 1 unspecified atom stereocenters. The molecule has 1 aromatic carbocycles. The predicted octanol–water partition coefficient (Wildman–Crippen LogP) is 2.41. The van der Waals surface area contributed by atoms with Gasteiger partial charge in [-0.15, -0.1) is 12.4 Å². The quantitative estimate of drug-likeness (QED) is 0.863. The molecule has 92 valence electrons. The van der Waals surface area contributed by atoms with Crippen LogP contribution in [0.5, 0.6) is 0 Å². The number of benzene rings is 1. The Labute approximate surface area is 106 Å². The molecule has 0 spiro atoms. The van der Waals surface area contributed by atoms with Crippen molar-refractivity contribution in [3.05, 3.63) is 24.3 Å². The first kappa shape index (κ1) is 12.2. The molecule has 0 radical (unpaired) electrons. The summed E-state index contributed by atoms with van der Waals surface area (Å²) in [7, 11) is 0. The number of piperidine rings is 1. The van der Waals surface area contributed by atoms with Gasteiger partial charge in [0.25, 0.3) is 6.01 Å². The molecule has 0 amide bonds. The molecule has 1 atom stereocenters. The minimum absolute atomic E-state index is 0. The third-order valence-electron chi connectivity index (χ3n) is 2.92. The molecular weight excluding hydrogens is 238 g/mol. The van der Waals surface area contributed by atoms with E-state index in [1.807, 2.05) is 24.3 Å².